The molecule has 106 valence electrons. The van der Waals surface area contributed by atoms with Crippen molar-refractivity contribution < 1.29 is 9.90 Å². The molecule has 1 atom stereocenters. The number of piperazine rings is 1. The summed E-state index contributed by atoms with van der Waals surface area (Å²) in [5.41, 5.74) is 1.44. The summed E-state index contributed by atoms with van der Waals surface area (Å²) in [6, 6.07) is 6.84. The lowest BCUT2D eigenvalue weighted by atomic mass is 10.1. The Morgan fingerprint density at radius 1 is 1.40 bits per heavy atom. The topological polar surface area (TPSA) is 67.6 Å². The van der Waals surface area contributed by atoms with Gasteiger partial charge in [0.25, 0.3) is 0 Å². The molecule has 2 rings (SSSR count). The van der Waals surface area contributed by atoms with Crippen LogP contribution in [0.3, 0.4) is 0 Å². The van der Waals surface area contributed by atoms with Gasteiger partial charge in [0.15, 0.2) is 0 Å². The second-order valence-electron chi connectivity index (χ2n) is 4.82. The van der Waals surface area contributed by atoms with E-state index in [0.29, 0.717) is 23.7 Å². The SMILES string of the molecule is CC(C(=O)O)N1CCN(c2ccc(C#N)cc2Cl)CC1. The van der Waals surface area contributed by atoms with Crippen LogP contribution in [-0.4, -0.2) is 48.2 Å². The van der Waals surface area contributed by atoms with Crippen LogP contribution in [-0.2, 0) is 4.79 Å². The molecule has 0 radical (unpaired) electrons. The zero-order chi connectivity index (χ0) is 14.7. The molecule has 0 bridgehead atoms. The Hall–Kier alpha value is -1.77. The summed E-state index contributed by atoms with van der Waals surface area (Å²) in [5.74, 6) is -0.796. The number of rotatable bonds is 3. The number of carbonyl (C=O) groups is 1. The van der Waals surface area contributed by atoms with E-state index in [1.807, 2.05) is 11.0 Å². The van der Waals surface area contributed by atoms with Crippen LogP contribution in [0.5, 0.6) is 0 Å². The van der Waals surface area contributed by atoms with Gasteiger partial charge in [-0.25, -0.2) is 0 Å². The van der Waals surface area contributed by atoms with Crippen LogP contribution in [0.4, 0.5) is 5.69 Å². The van der Waals surface area contributed by atoms with Crippen molar-refractivity contribution in [1.82, 2.24) is 4.90 Å². The number of aliphatic carboxylic acids is 1. The summed E-state index contributed by atoms with van der Waals surface area (Å²) in [6.07, 6.45) is 0. The van der Waals surface area contributed by atoms with Gasteiger partial charge in [0, 0.05) is 26.2 Å². The number of anilines is 1. The highest BCUT2D eigenvalue weighted by molar-refractivity contribution is 6.33. The fourth-order valence-electron chi connectivity index (χ4n) is 2.34. The standard InChI is InChI=1S/C14H16ClN3O2/c1-10(14(19)20)17-4-6-18(7-5-17)13-3-2-11(9-16)8-12(13)15/h2-3,8,10H,4-7H2,1H3,(H,19,20). The number of benzene rings is 1. The molecule has 1 unspecified atom stereocenters. The molecule has 0 amide bonds. The molecule has 20 heavy (non-hydrogen) atoms. The molecule has 0 aromatic heterocycles. The summed E-state index contributed by atoms with van der Waals surface area (Å²) < 4.78 is 0. The van der Waals surface area contributed by atoms with E-state index in [0.717, 1.165) is 18.8 Å². The number of nitriles is 1. The van der Waals surface area contributed by atoms with Crippen LogP contribution in [0, 0.1) is 11.3 Å². The Labute approximate surface area is 123 Å². The van der Waals surface area contributed by atoms with Crippen LogP contribution in [0.15, 0.2) is 18.2 Å². The maximum absolute atomic E-state index is 11.0. The van der Waals surface area contributed by atoms with Gasteiger partial charge < -0.3 is 10.0 Å². The van der Waals surface area contributed by atoms with Crippen LogP contribution in [0.25, 0.3) is 0 Å². The van der Waals surface area contributed by atoms with Crippen molar-refractivity contribution in [3.63, 3.8) is 0 Å². The van der Waals surface area contributed by atoms with Crippen LogP contribution in [0.2, 0.25) is 5.02 Å². The molecule has 0 aliphatic carbocycles. The third kappa shape index (κ3) is 3.03. The second kappa shape index (κ2) is 6.12. The fraction of sp³-hybridized carbons (Fsp3) is 0.429. The normalized spacial score (nSPS) is 17.6. The third-order valence-electron chi connectivity index (χ3n) is 3.64. The lowest BCUT2D eigenvalue weighted by Crippen LogP contribution is -2.51. The highest BCUT2D eigenvalue weighted by Crippen LogP contribution is 2.27. The molecule has 5 nitrogen and oxygen atoms in total. The first-order chi connectivity index (χ1) is 9.52. The molecule has 1 fully saturated rings. The van der Waals surface area contributed by atoms with Crippen LogP contribution in [0.1, 0.15) is 12.5 Å². The Morgan fingerprint density at radius 3 is 2.55 bits per heavy atom. The van der Waals surface area contributed by atoms with E-state index in [1.54, 1.807) is 19.1 Å². The highest BCUT2D eigenvalue weighted by Gasteiger charge is 2.25. The van der Waals surface area contributed by atoms with E-state index in [-0.39, 0.29) is 0 Å². The Bertz CT molecular complexity index is 548. The number of nitrogens with zero attached hydrogens (tertiary/aromatic N) is 3. The molecule has 1 aromatic rings. The van der Waals surface area contributed by atoms with Crippen molar-refractivity contribution in [2.24, 2.45) is 0 Å². The summed E-state index contributed by atoms with van der Waals surface area (Å²) >= 11 is 6.19. The van der Waals surface area contributed by atoms with E-state index in [1.165, 1.54) is 0 Å². The number of halogens is 1. The maximum Gasteiger partial charge on any atom is 0.320 e. The predicted molar refractivity (Wildman–Crippen MR) is 77.1 cm³/mol. The molecule has 1 aliphatic rings. The van der Waals surface area contributed by atoms with E-state index in [9.17, 15) is 4.79 Å². The Balaban J connectivity index is 2.04. The smallest absolute Gasteiger partial charge is 0.320 e. The van der Waals surface area contributed by atoms with Crippen molar-refractivity contribution >= 4 is 23.3 Å². The molecule has 6 heteroatoms. The van der Waals surface area contributed by atoms with Crippen molar-refractivity contribution in [2.75, 3.05) is 31.1 Å². The molecule has 1 N–H and O–H groups in total. The predicted octanol–water partition coefficient (Wildman–Crippen LogP) is 1.81. The average Bonchev–Trinajstić information content (AvgIpc) is 2.46. The highest BCUT2D eigenvalue weighted by atomic mass is 35.5. The van der Waals surface area contributed by atoms with Crippen molar-refractivity contribution in [1.29, 1.82) is 5.26 Å². The first-order valence-corrected chi connectivity index (χ1v) is 6.82. The van der Waals surface area contributed by atoms with Gasteiger partial charge in [0.2, 0.25) is 0 Å². The van der Waals surface area contributed by atoms with Gasteiger partial charge in [-0.1, -0.05) is 11.6 Å². The summed E-state index contributed by atoms with van der Waals surface area (Å²) in [6.45, 7) is 4.52. The van der Waals surface area contributed by atoms with Gasteiger partial charge in [-0.05, 0) is 25.1 Å². The maximum atomic E-state index is 11.0. The lowest BCUT2D eigenvalue weighted by molar-refractivity contribution is -0.142. The van der Waals surface area contributed by atoms with Crippen molar-refractivity contribution in [3.05, 3.63) is 28.8 Å². The minimum atomic E-state index is -0.796. The van der Waals surface area contributed by atoms with E-state index in [2.05, 4.69) is 11.0 Å². The van der Waals surface area contributed by atoms with Gasteiger partial charge in [-0.3, -0.25) is 9.69 Å². The summed E-state index contributed by atoms with van der Waals surface area (Å²) in [4.78, 5) is 15.0. The number of carboxylic acids is 1. The van der Waals surface area contributed by atoms with Gasteiger partial charge in [-0.2, -0.15) is 5.26 Å². The largest absolute Gasteiger partial charge is 0.480 e. The Kier molecular flexibility index (Phi) is 4.48. The molecule has 0 spiro atoms. The third-order valence-corrected chi connectivity index (χ3v) is 3.94. The molecule has 1 aliphatic heterocycles. The molecular weight excluding hydrogens is 278 g/mol. The molecular formula is C14H16ClN3O2. The first kappa shape index (κ1) is 14.6. The summed E-state index contributed by atoms with van der Waals surface area (Å²) in [5, 5.41) is 18.4. The number of hydrogen-bond acceptors (Lipinski definition) is 4. The quantitative estimate of drug-likeness (QED) is 0.920. The first-order valence-electron chi connectivity index (χ1n) is 6.44. The Morgan fingerprint density at radius 2 is 2.05 bits per heavy atom. The van der Waals surface area contributed by atoms with Gasteiger partial charge in [-0.15, -0.1) is 0 Å². The number of hydrogen-bond donors (Lipinski definition) is 1. The minimum Gasteiger partial charge on any atom is -0.480 e. The van der Waals surface area contributed by atoms with E-state index in [4.69, 9.17) is 22.0 Å². The zero-order valence-electron chi connectivity index (χ0n) is 11.2. The molecule has 1 heterocycles. The van der Waals surface area contributed by atoms with Gasteiger partial charge in [0.05, 0.1) is 22.3 Å². The van der Waals surface area contributed by atoms with Gasteiger partial charge in [0.1, 0.15) is 6.04 Å². The lowest BCUT2D eigenvalue weighted by Gasteiger charge is -2.38. The fourth-order valence-corrected chi connectivity index (χ4v) is 2.64. The van der Waals surface area contributed by atoms with Crippen molar-refractivity contribution in [3.8, 4) is 6.07 Å². The van der Waals surface area contributed by atoms with Gasteiger partial charge >= 0.3 is 5.97 Å². The minimum absolute atomic E-state index is 0.464. The molecule has 0 saturated carbocycles. The zero-order valence-corrected chi connectivity index (χ0v) is 12.0. The van der Waals surface area contributed by atoms with E-state index < -0.39 is 12.0 Å². The molecule has 1 aromatic carbocycles. The van der Waals surface area contributed by atoms with Crippen LogP contribution >= 0.6 is 11.6 Å². The van der Waals surface area contributed by atoms with E-state index >= 15 is 0 Å². The monoisotopic (exact) mass is 293 g/mol. The van der Waals surface area contributed by atoms with Crippen molar-refractivity contribution in [2.45, 2.75) is 13.0 Å². The van der Waals surface area contributed by atoms with Crippen LogP contribution < -0.4 is 4.90 Å². The summed E-state index contributed by atoms with van der Waals surface area (Å²) in [7, 11) is 0. The second-order valence-corrected chi connectivity index (χ2v) is 5.22. The average molecular weight is 294 g/mol. The molecule has 1 saturated heterocycles. The number of carboxylic acid groups (broad SMARTS) is 1.